The Bertz CT molecular complexity index is 934. The first-order chi connectivity index (χ1) is 16.1. The SMILES string of the molecule is CCOC(=O)C1CCN(C(=O)C(C)Sc2ncc(-c3ccccc3)n2CC2CCCO2)CC1. The van der Waals surface area contributed by atoms with E-state index in [1.165, 1.54) is 11.8 Å². The number of imidazole rings is 1. The molecule has 2 saturated heterocycles. The maximum atomic E-state index is 13.2. The van der Waals surface area contributed by atoms with Gasteiger partial charge in [-0.1, -0.05) is 42.1 Å². The highest BCUT2D eigenvalue weighted by atomic mass is 32.2. The molecule has 1 aromatic heterocycles. The van der Waals surface area contributed by atoms with Crippen LogP contribution in [0.5, 0.6) is 0 Å². The number of benzene rings is 1. The van der Waals surface area contributed by atoms with Crippen molar-refractivity contribution < 1.29 is 19.1 Å². The average molecular weight is 472 g/mol. The lowest BCUT2D eigenvalue weighted by atomic mass is 9.97. The number of nitrogens with zero attached hydrogens (tertiary/aromatic N) is 3. The molecule has 0 spiro atoms. The maximum Gasteiger partial charge on any atom is 0.309 e. The minimum absolute atomic E-state index is 0.0928. The van der Waals surface area contributed by atoms with Gasteiger partial charge in [0.05, 0.1) is 42.3 Å². The summed E-state index contributed by atoms with van der Waals surface area (Å²) in [6.45, 7) is 6.88. The summed E-state index contributed by atoms with van der Waals surface area (Å²) >= 11 is 1.50. The van der Waals surface area contributed by atoms with Crippen molar-refractivity contribution in [1.82, 2.24) is 14.5 Å². The van der Waals surface area contributed by atoms with Crippen molar-refractivity contribution in [1.29, 1.82) is 0 Å². The number of piperidine rings is 1. The molecule has 178 valence electrons. The van der Waals surface area contributed by atoms with Crippen LogP contribution in [-0.4, -0.2) is 64.0 Å². The number of aromatic nitrogens is 2. The number of carbonyl (C=O) groups excluding carboxylic acids is 2. The van der Waals surface area contributed by atoms with Gasteiger partial charge in [-0.05, 0) is 45.1 Å². The fourth-order valence-electron chi connectivity index (χ4n) is 4.52. The first-order valence-electron chi connectivity index (χ1n) is 11.9. The van der Waals surface area contributed by atoms with Gasteiger partial charge >= 0.3 is 5.97 Å². The normalized spacial score (nSPS) is 20.1. The Balaban J connectivity index is 1.44. The van der Waals surface area contributed by atoms with E-state index >= 15 is 0 Å². The third kappa shape index (κ3) is 5.79. The third-order valence-corrected chi connectivity index (χ3v) is 7.45. The van der Waals surface area contributed by atoms with Gasteiger partial charge in [0.2, 0.25) is 5.91 Å². The second kappa shape index (κ2) is 11.2. The van der Waals surface area contributed by atoms with Crippen molar-refractivity contribution in [2.45, 2.75) is 62.6 Å². The minimum atomic E-state index is -0.265. The Morgan fingerprint density at radius 1 is 1.21 bits per heavy atom. The van der Waals surface area contributed by atoms with Crippen molar-refractivity contribution in [2.24, 2.45) is 5.92 Å². The highest BCUT2D eigenvalue weighted by Crippen LogP contribution is 2.31. The van der Waals surface area contributed by atoms with Crippen molar-refractivity contribution in [3.05, 3.63) is 36.5 Å². The van der Waals surface area contributed by atoms with Crippen molar-refractivity contribution in [3.8, 4) is 11.3 Å². The molecule has 7 nitrogen and oxygen atoms in total. The molecule has 0 saturated carbocycles. The Kier molecular flexibility index (Phi) is 8.09. The third-order valence-electron chi connectivity index (χ3n) is 6.36. The van der Waals surface area contributed by atoms with Crippen LogP contribution in [0.15, 0.2) is 41.7 Å². The van der Waals surface area contributed by atoms with Crippen LogP contribution in [0.4, 0.5) is 0 Å². The van der Waals surface area contributed by atoms with Gasteiger partial charge in [-0.25, -0.2) is 4.98 Å². The molecule has 4 rings (SSSR count). The molecule has 0 N–H and O–H groups in total. The van der Waals surface area contributed by atoms with Crippen molar-refractivity contribution in [3.63, 3.8) is 0 Å². The van der Waals surface area contributed by atoms with Gasteiger partial charge < -0.3 is 18.9 Å². The zero-order valence-corrected chi connectivity index (χ0v) is 20.3. The Morgan fingerprint density at radius 2 is 1.97 bits per heavy atom. The Labute approximate surface area is 199 Å². The molecule has 2 atom stereocenters. The van der Waals surface area contributed by atoms with Crippen molar-refractivity contribution in [2.75, 3.05) is 26.3 Å². The fourth-order valence-corrected chi connectivity index (χ4v) is 5.50. The lowest BCUT2D eigenvalue weighted by Gasteiger charge is -2.32. The molecule has 0 aliphatic carbocycles. The van der Waals surface area contributed by atoms with Gasteiger partial charge in [-0.3, -0.25) is 9.59 Å². The highest BCUT2D eigenvalue weighted by Gasteiger charge is 2.31. The van der Waals surface area contributed by atoms with Crippen LogP contribution in [0, 0.1) is 5.92 Å². The predicted octanol–water partition coefficient (Wildman–Crippen LogP) is 4.01. The molecule has 0 radical (unpaired) electrons. The van der Waals surface area contributed by atoms with Gasteiger partial charge in [0.15, 0.2) is 5.16 Å². The number of rotatable bonds is 8. The summed E-state index contributed by atoms with van der Waals surface area (Å²) in [5.74, 6) is -0.150. The summed E-state index contributed by atoms with van der Waals surface area (Å²) in [7, 11) is 0. The molecule has 1 amide bonds. The smallest absolute Gasteiger partial charge is 0.309 e. The second-order valence-electron chi connectivity index (χ2n) is 8.65. The van der Waals surface area contributed by atoms with Crippen LogP contribution in [0.25, 0.3) is 11.3 Å². The summed E-state index contributed by atoms with van der Waals surface area (Å²) < 4.78 is 13.2. The molecule has 0 bridgehead atoms. The van der Waals surface area contributed by atoms with Crippen molar-refractivity contribution >= 4 is 23.6 Å². The van der Waals surface area contributed by atoms with Crippen LogP contribution >= 0.6 is 11.8 Å². The van der Waals surface area contributed by atoms with Gasteiger partial charge in [-0.15, -0.1) is 0 Å². The van der Waals surface area contributed by atoms with E-state index in [1.54, 1.807) is 0 Å². The average Bonchev–Trinajstić information content (AvgIpc) is 3.50. The molecular formula is C25H33N3O4S. The molecule has 2 aliphatic rings. The monoisotopic (exact) mass is 471 g/mol. The number of esters is 1. The maximum absolute atomic E-state index is 13.2. The predicted molar refractivity (Wildman–Crippen MR) is 128 cm³/mol. The highest BCUT2D eigenvalue weighted by molar-refractivity contribution is 8.00. The number of likely N-dealkylation sites (tertiary alicyclic amines) is 1. The minimum Gasteiger partial charge on any atom is -0.466 e. The lowest BCUT2D eigenvalue weighted by Crippen LogP contribution is -2.43. The summed E-state index contributed by atoms with van der Waals surface area (Å²) in [6.07, 6.45) is 5.52. The molecule has 2 fully saturated rings. The van der Waals surface area contributed by atoms with E-state index in [1.807, 2.05) is 43.1 Å². The lowest BCUT2D eigenvalue weighted by molar-refractivity contribution is -0.151. The molecule has 2 aromatic rings. The van der Waals surface area contributed by atoms with Gasteiger partial charge in [0, 0.05) is 19.7 Å². The van der Waals surface area contributed by atoms with Crippen LogP contribution in [0.3, 0.4) is 0 Å². The number of ether oxygens (including phenoxy) is 2. The standard InChI is InChI=1S/C25H33N3O4S/c1-3-31-24(30)20-11-13-27(14-12-20)23(29)18(2)33-25-26-16-22(19-8-5-4-6-9-19)28(25)17-21-10-7-15-32-21/h4-6,8-9,16,18,20-21H,3,7,10-15,17H2,1-2H3. The van der Waals surface area contributed by atoms with Gasteiger partial charge in [0.25, 0.3) is 0 Å². The second-order valence-corrected chi connectivity index (χ2v) is 9.96. The van der Waals surface area contributed by atoms with E-state index in [-0.39, 0.29) is 29.1 Å². The number of thioether (sulfide) groups is 1. The van der Waals surface area contributed by atoms with Gasteiger partial charge in [-0.2, -0.15) is 0 Å². The quantitative estimate of drug-likeness (QED) is 0.428. The van der Waals surface area contributed by atoms with Crippen LogP contribution in [-0.2, 0) is 25.6 Å². The zero-order chi connectivity index (χ0) is 23.2. The molecule has 2 aliphatic heterocycles. The molecule has 1 aromatic carbocycles. The topological polar surface area (TPSA) is 73.7 Å². The van der Waals surface area contributed by atoms with E-state index in [9.17, 15) is 9.59 Å². The van der Waals surface area contributed by atoms with E-state index < -0.39 is 0 Å². The molecule has 8 heteroatoms. The zero-order valence-electron chi connectivity index (χ0n) is 19.4. The van der Waals surface area contributed by atoms with E-state index in [4.69, 9.17) is 14.5 Å². The first kappa shape index (κ1) is 23.8. The molecule has 3 heterocycles. The molecule has 2 unspecified atom stereocenters. The Morgan fingerprint density at radius 3 is 2.64 bits per heavy atom. The summed E-state index contributed by atoms with van der Waals surface area (Å²) in [4.78, 5) is 31.7. The number of hydrogen-bond acceptors (Lipinski definition) is 6. The van der Waals surface area contributed by atoms with E-state index in [2.05, 4.69) is 16.7 Å². The number of hydrogen-bond donors (Lipinski definition) is 0. The molecule has 33 heavy (non-hydrogen) atoms. The summed E-state index contributed by atoms with van der Waals surface area (Å²) in [6, 6.07) is 10.2. The van der Waals surface area contributed by atoms with E-state index in [0.717, 1.165) is 42.4 Å². The largest absolute Gasteiger partial charge is 0.466 e. The van der Waals surface area contributed by atoms with Crippen LogP contribution in [0.1, 0.15) is 39.5 Å². The summed E-state index contributed by atoms with van der Waals surface area (Å²) in [5, 5.41) is 0.574. The Hall–Kier alpha value is -2.32. The number of carbonyl (C=O) groups is 2. The number of amides is 1. The van der Waals surface area contributed by atoms with Gasteiger partial charge in [0.1, 0.15) is 0 Å². The fraction of sp³-hybridized carbons (Fsp3) is 0.560. The molecular weight excluding hydrogens is 438 g/mol. The van der Waals surface area contributed by atoms with Crippen LogP contribution < -0.4 is 0 Å². The van der Waals surface area contributed by atoms with E-state index in [0.29, 0.717) is 32.5 Å². The summed E-state index contributed by atoms with van der Waals surface area (Å²) in [5.41, 5.74) is 2.15. The van der Waals surface area contributed by atoms with Crippen LogP contribution in [0.2, 0.25) is 0 Å². The first-order valence-corrected chi connectivity index (χ1v) is 12.8.